The van der Waals surface area contributed by atoms with Crippen molar-refractivity contribution in [2.75, 3.05) is 6.26 Å². The van der Waals surface area contributed by atoms with Crippen LogP contribution in [-0.2, 0) is 19.4 Å². The number of nitrogens with zero attached hydrogens (tertiary/aromatic N) is 1. The molecular weight excluding hydrogens is 154 g/mol. The summed E-state index contributed by atoms with van der Waals surface area (Å²) in [7, 11) is -3.88. The Morgan fingerprint density at radius 3 is 2.11 bits per heavy atom. The van der Waals surface area contributed by atoms with Gasteiger partial charge in [-0.1, -0.05) is 4.33 Å². The van der Waals surface area contributed by atoms with Gasteiger partial charge in [0.25, 0.3) is 10.1 Å². The van der Waals surface area contributed by atoms with Gasteiger partial charge in [-0.3, -0.25) is 0 Å². The predicted octanol–water partition coefficient (Wildman–Crippen LogP) is -0.914. The number of rotatable bonds is 3. The Morgan fingerprint density at radius 2 is 2.00 bits per heavy atom. The van der Waals surface area contributed by atoms with Gasteiger partial charge in [0.2, 0.25) is 0 Å². The molecule has 0 atom stereocenters. The molecule has 0 aliphatic carbocycles. The topological polar surface area (TPSA) is 95.7 Å². The molecule has 0 amide bonds. The molecule has 0 rings (SSSR count). The van der Waals surface area contributed by atoms with E-state index in [0.29, 0.717) is 6.26 Å². The van der Waals surface area contributed by atoms with E-state index >= 15 is 0 Å². The Kier molecular flexibility index (Phi) is 2.34. The average molecular weight is 157 g/mol. The molecule has 0 heterocycles. The lowest BCUT2D eigenvalue weighted by atomic mass is 12.0. The predicted molar refractivity (Wildman–Crippen MR) is 24.0 cm³/mol. The summed E-state index contributed by atoms with van der Waals surface area (Å²) >= 11 is 0. The monoisotopic (exact) mass is 157 g/mol. The molecule has 0 saturated heterocycles. The minimum absolute atomic E-state index is 0.622. The van der Waals surface area contributed by atoms with Crippen molar-refractivity contribution in [3.8, 4) is 0 Å². The van der Waals surface area contributed by atoms with Gasteiger partial charge in [0.05, 0.1) is 6.26 Å². The highest BCUT2D eigenvalue weighted by Crippen LogP contribution is 1.86. The van der Waals surface area contributed by atoms with Crippen LogP contribution in [0.25, 0.3) is 0 Å². The highest BCUT2D eigenvalue weighted by molar-refractivity contribution is 7.85. The number of hydrogen-bond donors (Lipinski definition) is 0. The first-order valence-electron chi connectivity index (χ1n) is 1.62. The molecule has 0 aliphatic rings. The van der Waals surface area contributed by atoms with Gasteiger partial charge >= 0.3 is 5.09 Å². The van der Waals surface area contributed by atoms with E-state index in [-0.39, 0.29) is 0 Å². The van der Waals surface area contributed by atoms with Crippen molar-refractivity contribution >= 4 is 10.1 Å². The minimum Gasteiger partial charge on any atom is -0.198 e. The molecule has 0 spiro atoms. The van der Waals surface area contributed by atoms with Crippen molar-refractivity contribution < 1.29 is 22.8 Å². The normalized spacial score (nSPS) is 10.8. The summed E-state index contributed by atoms with van der Waals surface area (Å²) in [4.78, 5) is 12.3. The lowest BCUT2D eigenvalue weighted by molar-refractivity contribution is -0.833. The van der Waals surface area contributed by atoms with Crippen LogP contribution in [-0.4, -0.2) is 19.8 Å². The van der Waals surface area contributed by atoms with Crippen molar-refractivity contribution in [3.05, 3.63) is 10.1 Å². The van der Waals surface area contributed by atoms with Gasteiger partial charge in [-0.2, -0.15) is 8.42 Å². The molecule has 7 nitrogen and oxygen atoms in total. The molecule has 0 aromatic carbocycles. The van der Waals surface area contributed by atoms with E-state index in [1.165, 1.54) is 0 Å². The maximum atomic E-state index is 9.88. The molecule has 0 aromatic rings. The van der Waals surface area contributed by atoms with Crippen molar-refractivity contribution in [2.45, 2.75) is 0 Å². The van der Waals surface area contributed by atoms with Crippen molar-refractivity contribution in [1.29, 1.82) is 0 Å². The van der Waals surface area contributed by atoms with Crippen molar-refractivity contribution in [1.82, 2.24) is 0 Å². The van der Waals surface area contributed by atoms with Crippen molar-refractivity contribution in [2.24, 2.45) is 0 Å². The molecule has 54 valence electrons. The molecule has 8 heteroatoms. The van der Waals surface area contributed by atoms with Crippen LogP contribution in [0.15, 0.2) is 0 Å². The Hall–Kier alpha value is -0.890. The Labute approximate surface area is 50.3 Å². The van der Waals surface area contributed by atoms with Crippen LogP contribution in [0.2, 0.25) is 0 Å². The van der Waals surface area contributed by atoms with E-state index < -0.39 is 15.2 Å². The van der Waals surface area contributed by atoms with Crippen LogP contribution in [0.1, 0.15) is 0 Å². The smallest absolute Gasteiger partial charge is 0.198 e. The van der Waals surface area contributed by atoms with E-state index in [1.54, 1.807) is 0 Å². The maximum absolute atomic E-state index is 9.88. The van der Waals surface area contributed by atoms with Gasteiger partial charge in [0.15, 0.2) is 0 Å². The van der Waals surface area contributed by atoms with Crippen LogP contribution in [0.4, 0.5) is 0 Å². The van der Waals surface area contributed by atoms with Gasteiger partial charge in [-0.15, -0.1) is 15.1 Å². The summed E-state index contributed by atoms with van der Waals surface area (Å²) in [5.74, 6) is 0. The molecule has 0 unspecified atom stereocenters. The highest BCUT2D eigenvalue weighted by atomic mass is 32.2. The second kappa shape index (κ2) is 2.60. The lowest BCUT2D eigenvalue weighted by Crippen LogP contribution is -2.07. The number of hydrogen-bond acceptors (Lipinski definition) is 6. The fourth-order valence-electron chi connectivity index (χ4n) is 0.0801. The summed E-state index contributed by atoms with van der Waals surface area (Å²) in [6.45, 7) is 0. The molecule has 9 heavy (non-hydrogen) atoms. The zero-order valence-electron chi connectivity index (χ0n) is 4.30. The fourth-order valence-corrected chi connectivity index (χ4v) is 0.240. The first kappa shape index (κ1) is 8.11. The Morgan fingerprint density at radius 1 is 1.56 bits per heavy atom. The van der Waals surface area contributed by atoms with E-state index in [4.69, 9.17) is 0 Å². The second-order valence-corrected chi connectivity index (χ2v) is 2.61. The third-order valence-corrected chi connectivity index (χ3v) is 0.523. The SMILES string of the molecule is CS(=O)(=O)OO[N+](=O)[O-]. The molecule has 0 saturated carbocycles. The first-order valence-corrected chi connectivity index (χ1v) is 3.44. The second-order valence-electron chi connectivity index (χ2n) is 1.07. The van der Waals surface area contributed by atoms with Gasteiger partial charge in [-0.25, -0.2) is 0 Å². The van der Waals surface area contributed by atoms with Crippen LogP contribution in [0.3, 0.4) is 0 Å². The average Bonchev–Trinajstić information content (AvgIpc) is 1.59. The molecule has 0 N–H and O–H groups in total. The van der Waals surface area contributed by atoms with E-state index in [2.05, 4.69) is 9.32 Å². The molecule has 0 radical (unpaired) electrons. The lowest BCUT2D eigenvalue weighted by Gasteiger charge is -1.91. The minimum atomic E-state index is -3.88. The quantitative estimate of drug-likeness (QED) is 0.299. The first-order chi connectivity index (χ1) is 3.92. The largest absolute Gasteiger partial charge is 0.323 e. The van der Waals surface area contributed by atoms with E-state index in [0.717, 1.165) is 0 Å². The third kappa shape index (κ3) is 7.11. The third-order valence-electron chi connectivity index (χ3n) is 0.215. The van der Waals surface area contributed by atoms with E-state index in [1.807, 2.05) is 0 Å². The van der Waals surface area contributed by atoms with Crippen LogP contribution in [0.5, 0.6) is 0 Å². The zero-order valence-corrected chi connectivity index (χ0v) is 5.12. The summed E-state index contributed by atoms with van der Waals surface area (Å²) < 4.78 is 23.0. The molecular formula is CH3NO6S. The van der Waals surface area contributed by atoms with E-state index in [9.17, 15) is 18.5 Å². The van der Waals surface area contributed by atoms with Crippen LogP contribution in [0, 0.1) is 10.1 Å². The summed E-state index contributed by atoms with van der Waals surface area (Å²) in [5.41, 5.74) is 0. The van der Waals surface area contributed by atoms with Gasteiger partial charge < -0.3 is 0 Å². The summed E-state index contributed by atoms with van der Waals surface area (Å²) in [6, 6.07) is 0. The Bertz CT molecular complexity index is 191. The van der Waals surface area contributed by atoms with Gasteiger partial charge in [0.1, 0.15) is 0 Å². The van der Waals surface area contributed by atoms with Gasteiger partial charge in [-0.05, 0) is 0 Å². The molecule has 0 fully saturated rings. The van der Waals surface area contributed by atoms with Crippen LogP contribution < -0.4 is 0 Å². The Balaban J connectivity index is 3.67. The highest BCUT2D eigenvalue weighted by Gasteiger charge is 2.04. The molecule has 0 bridgehead atoms. The standard InChI is InChI=1S/CH3NO6S/c1-9(5,6)8-7-2(3)4/h1H3. The fraction of sp³-hybridized carbons (Fsp3) is 1.00. The molecule has 0 aliphatic heterocycles. The van der Waals surface area contributed by atoms with Crippen LogP contribution >= 0.6 is 0 Å². The summed E-state index contributed by atoms with van der Waals surface area (Å²) in [6.07, 6.45) is 0.622. The summed E-state index contributed by atoms with van der Waals surface area (Å²) in [5, 5.41) is 7.87. The molecule has 0 aromatic heterocycles. The van der Waals surface area contributed by atoms with Gasteiger partial charge in [0, 0.05) is 0 Å². The maximum Gasteiger partial charge on any atom is 0.323 e. The zero-order chi connectivity index (χ0) is 7.49. The van der Waals surface area contributed by atoms with Crippen molar-refractivity contribution in [3.63, 3.8) is 0 Å².